The standard InChI is InChI=1S/C14H20ClN/c1-2-12-5-4-9-16(10-8-12)14-7-3-6-13(15)11-14/h3,6-7,11-12H,2,4-5,8-10H2,1H3. The van der Waals surface area contributed by atoms with Gasteiger partial charge in [0.1, 0.15) is 0 Å². The fraction of sp³-hybridized carbons (Fsp3) is 0.571. The monoisotopic (exact) mass is 237 g/mol. The van der Waals surface area contributed by atoms with Crippen LogP contribution in [0.2, 0.25) is 5.02 Å². The molecule has 2 heteroatoms. The maximum atomic E-state index is 6.03. The Morgan fingerprint density at radius 3 is 2.94 bits per heavy atom. The number of hydrogen-bond acceptors (Lipinski definition) is 1. The minimum Gasteiger partial charge on any atom is -0.371 e. The number of rotatable bonds is 2. The van der Waals surface area contributed by atoms with Crippen molar-refractivity contribution in [2.24, 2.45) is 5.92 Å². The van der Waals surface area contributed by atoms with Gasteiger partial charge in [0, 0.05) is 23.8 Å². The van der Waals surface area contributed by atoms with Gasteiger partial charge in [-0.05, 0) is 43.4 Å². The van der Waals surface area contributed by atoms with E-state index in [1.165, 1.54) is 44.5 Å². The van der Waals surface area contributed by atoms with Gasteiger partial charge in [0.25, 0.3) is 0 Å². The van der Waals surface area contributed by atoms with Crippen LogP contribution in [0.25, 0.3) is 0 Å². The number of halogens is 1. The summed E-state index contributed by atoms with van der Waals surface area (Å²) in [5, 5.41) is 0.841. The summed E-state index contributed by atoms with van der Waals surface area (Å²) in [6.07, 6.45) is 5.34. The van der Waals surface area contributed by atoms with E-state index in [9.17, 15) is 0 Å². The molecule has 0 N–H and O–H groups in total. The summed E-state index contributed by atoms with van der Waals surface area (Å²) in [5.74, 6) is 0.921. The second-order valence-electron chi connectivity index (χ2n) is 4.67. The first-order valence-electron chi connectivity index (χ1n) is 6.30. The van der Waals surface area contributed by atoms with Crippen molar-refractivity contribution in [3.8, 4) is 0 Å². The van der Waals surface area contributed by atoms with Gasteiger partial charge >= 0.3 is 0 Å². The number of hydrogen-bond donors (Lipinski definition) is 0. The molecule has 1 heterocycles. The molecular formula is C14H20ClN. The summed E-state index contributed by atoms with van der Waals surface area (Å²) in [5.41, 5.74) is 1.28. The summed E-state index contributed by atoms with van der Waals surface area (Å²) in [6.45, 7) is 4.66. The van der Waals surface area contributed by atoms with Crippen molar-refractivity contribution in [2.75, 3.05) is 18.0 Å². The predicted molar refractivity (Wildman–Crippen MR) is 71.3 cm³/mol. The van der Waals surface area contributed by atoms with E-state index in [2.05, 4.69) is 24.0 Å². The first-order valence-corrected chi connectivity index (χ1v) is 6.68. The molecule has 0 aromatic heterocycles. The molecular weight excluding hydrogens is 218 g/mol. The van der Waals surface area contributed by atoms with Crippen LogP contribution in [0, 0.1) is 5.92 Å². The van der Waals surface area contributed by atoms with E-state index in [4.69, 9.17) is 11.6 Å². The first-order chi connectivity index (χ1) is 7.79. The van der Waals surface area contributed by atoms with Gasteiger partial charge in [0.2, 0.25) is 0 Å². The van der Waals surface area contributed by atoms with E-state index in [-0.39, 0.29) is 0 Å². The largest absolute Gasteiger partial charge is 0.371 e. The van der Waals surface area contributed by atoms with Crippen LogP contribution in [-0.4, -0.2) is 13.1 Å². The van der Waals surface area contributed by atoms with Crippen molar-refractivity contribution in [1.29, 1.82) is 0 Å². The van der Waals surface area contributed by atoms with Crippen molar-refractivity contribution >= 4 is 17.3 Å². The molecule has 0 aliphatic carbocycles. The van der Waals surface area contributed by atoms with Crippen molar-refractivity contribution in [1.82, 2.24) is 0 Å². The Morgan fingerprint density at radius 2 is 2.19 bits per heavy atom. The average Bonchev–Trinajstić information content (AvgIpc) is 2.54. The van der Waals surface area contributed by atoms with E-state index < -0.39 is 0 Å². The van der Waals surface area contributed by atoms with Gasteiger partial charge in [-0.1, -0.05) is 31.0 Å². The highest BCUT2D eigenvalue weighted by atomic mass is 35.5. The molecule has 1 fully saturated rings. The SMILES string of the molecule is CCC1CCCN(c2cccc(Cl)c2)CC1. The van der Waals surface area contributed by atoms with Crippen LogP contribution in [0.4, 0.5) is 5.69 Å². The molecule has 1 aromatic rings. The summed E-state index contributed by atoms with van der Waals surface area (Å²) in [6, 6.07) is 8.23. The van der Waals surface area contributed by atoms with Crippen molar-refractivity contribution in [2.45, 2.75) is 32.6 Å². The smallest absolute Gasteiger partial charge is 0.0426 e. The summed E-state index contributed by atoms with van der Waals surface area (Å²) < 4.78 is 0. The maximum Gasteiger partial charge on any atom is 0.0426 e. The van der Waals surface area contributed by atoms with Crippen LogP contribution in [0.5, 0.6) is 0 Å². The predicted octanol–water partition coefficient (Wildman–Crippen LogP) is 4.36. The van der Waals surface area contributed by atoms with E-state index in [0.29, 0.717) is 0 Å². The summed E-state index contributed by atoms with van der Waals surface area (Å²) >= 11 is 6.03. The third kappa shape index (κ3) is 2.91. The lowest BCUT2D eigenvalue weighted by Crippen LogP contribution is -2.24. The lowest BCUT2D eigenvalue weighted by Gasteiger charge is -2.23. The topological polar surface area (TPSA) is 3.24 Å². The molecule has 1 atom stereocenters. The lowest BCUT2D eigenvalue weighted by molar-refractivity contribution is 0.459. The van der Waals surface area contributed by atoms with Crippen molar-refractivity contribution in [3.05, 3.63) is 29.3 Å². The molecule has 1 aliphatic heterocycles. The third-order valence-electron chi connectivity index (χ3n) is 3.60. The zero-order chi connectivity index (χ0) is 11.4. The highest BCUT2D eigenvalue weighted by Gasteiger charge is 2.15. The molecule has 1 aromatic carbocycles. The number of nitrogens with zero attached hydrogens (tertiary/aromatic N) is 1. The number of benzene rings is 1. The molecule has 2 rings (SSSR count). The van der Waals surface area contributed by atoms with E-state index in [1.807, 2.05) is 12.1 Å². The Labute approximate surface area is 103 Å². The molecule has 1 saturated heterocycles. The zero-order valence-electron chi connectivity index (χ0n) is 9.95. The Bertz CT molecular complexity index is 337. The second kappa shape index (κ2) is 5.58. The van der Waals surface area contributed by atoms with Crippen LogP contribution in [0.3, 0.4) is 0 Å². The zero-order valence-corrected chi connectivity index (χ0v) is 10.7. The fourth-order valence-electron chi connectivity index (χ4n) is 2.50. The molecule has 1 unspecified atom stereocenters. The van der Waals surface area contributed by atoms with E-state index in [1.54, 1.807) is 0 Å². The molecule has 88 valence electrons. The number of anilines is 1. The van der Waals surface area contributed by atoms with Gasteiger partial charge in [-0.15, -0.1) is 0 Å². The van der Waals surface area contributed by atoms with Gasteiger partial charge < -0.3 is 4.90 Å². The van der Waals surface area contributed by atoms with Crippen LogP contribution in [0.15, 0.2) is 24.3 Å². The molecule has 0 bridgehead atoms. The molecule has 0 saturated carbocycles. The fourth-order valence-corrected chi connectivity index (χ4v) is 2.69. The summed E-state index contributed by atoms with van der Waals surface area (Å²) in [4.78, 5) is 2.47. The highest BCUT2D eigenvalue weighted by Crippen LogP contribution is 2.25. The molecule has 1 aliphatic rings. The van der Waals surface area contributed by atoms with Crippen LogP contribution < -0.4 is 4.90 Å². The lowest BCUT2D eigenvalue weighted by atomic mass is 9.98. The van der Waals surface area contributed by atoms with Crippen LogP contribution >= 0.6 is 11.6 Å². The molecule has 0 radical (unpaired) electrons. The van der Waals surface area contributed by atoms with Crippen molar-refractivity contribution < 1.29 is 0 Å². The van der Waals surface area contributed by atoms with Gasteiger partial charge in [0.05, 0.1) is 0 Å². The average molecular weight is 238 g/mol. The van der Waals surface area contributed by atoms with Gasteiger partial charge in [-0.25, -0.2) is 0 Å². The molecule has 0 amide bonds. The van der Waals surface area contributed by atoms with Gasteiger partial charge in [-0.2, -0.15) is 0 Å². The normalized spacial score (nSPS) is 21.9. The van der Waals surface area contributed by atoms with E-state index >= 15 is 0 Å². The van der Waals surface area contributed by atoms with Crippen molar-refractivity contribution in [3.63, 3.8) is 0 Å². The first kappa shape index (κ1) is 11.8. The Kier molecular flexibility index (Phi) is 4.11. The van der Waals surface area contributed by atoms with Gasteiger partial charge in [-0.3, -0.25) is 0 Å². The molecule has 16 heavy (non-hydrogen) atoms. The third-order valence-corrected chi connectivity index (χ3v) is 3.83. The minimum atomic E-state index is 0.841. The van der Waals surface area contributed by atoms with E-state index in [0.717, 1.165) is 10.9 Å². The Hall–Kier alpha value is -0.690. The summed E-state index contributed by atoms with van der Waals surface area (Å²) in [7, 11) is 0. The Balaban J connectivity index is 2.04. The quantitative estimate of drug-likeness (QED) is 0.739. The molecule has 0 spiro atoms. The maximum absolute atomic E-state index is 6.03. The Morgan fingerprint density at radius 1 is 1.31 bits per heavy atom. The van der Waals surface area contributed by atoms with Crippen LogP contribution in [0.1, 0.15) is 32.6 Å². The van der Waals surface area contributed by atoms with Crippen LogP contribution in [-0.2, 0) is 0 Å². The highest BCUT2D eigenvalue weighted by molar-refractivity contribution is 6.30. The molecule has 1 nitrogen and oxygen atoms in total. The van der Waals surface area contributed by atoms with Gasteiger partial charge in [0.15, 0.2) is 0 Å². The second-order valence-corrected chi connectivity index (χ2v) is 5.11. The minimum absolute atomic E-state index is 0.841.